The van der Waals surface area contributed by atoms with Crippen molar-refractivity contribution in [2.45, 2.75) is 0 Å². The third-order valence-corrected chi connectivity index (χ3v) is 4.39. The molecule has 24 heavy (non-hydrogen) atoms. The molecule has 1 aliphatic carbocycles. The number of methoxy groups -OCH3 is 2. The van der Waals surface area contributed by atoms with Crippen LogP contribution < -0.4 is 9.47 Å². The van der Waals surface area contributed by atoms with Crippen LogP contribution in [-0.2, 0) is 0 Å². The van der Waals surface area contributed by atoms with Crippen LogP contribution in [0.1, 0.15) is 26.3 Å². The van der Waals surface area contributed by atoms with Crippen LogP contribution in [0.4, 0.5) is 0 Å². The number of carbonyl (C=O) groups is 2. The summed E-state index contributed by atoms with van der Waals surface area (Å²) in [6, 6.07) is 7.95. The molecule has 2 aromatic rings. The molecule has 122 valence electrons. The van der Waals surface area contributed by atoms with Crippen LogP contribution in [0, 0.1) is 0 Å². The van der Waals surface area contributed by atoms with Gasteiger partial charge >= 0.3 is 0 Å². The normalized spacial score (nSPS) is 14.9. The lowest BCUT2D eigenvalue weighted by atomic mass is 10.1. The molecule has 1 aliphatic rings. The Morgan fingerprint density at radius 3 is 2.38 bits per heavy atom. The molecule has 0 unspecified atom stereocenters. The third-order valence-electron chi connectivity index (χ3n) is 3.79. The van der Waals surface area contributed by atoms with Gasteiger partial charge in [0.15, 0.2) is 23.1 Å². The standard InChI is InChI=1S/C18H13BrO5/c1-23-10-3-4-11-12(8-10)17(21)13(16(11)20)5-9-6-14(19)18(22)15(7-9)24-2/h3-8,22H,1-2H3/b13-5+. The minimum absolute atomic E-state index is 0.0447. The van der Waals surface area contributed by atoms with Gasteiger partial charge < -0.3 is 14.6 Å². The largest absolute Gasteiger partial charge is 0.503 e. The first-order valence-corrected chi connectivity index (χ1v) is 7.81. The maximum Gasteiger partial charge on any atom is 0.197 e. The summed E-state index contributed by atoms with van der Waals surface area (Å²) in [5, 5.41) is 9.85. The summed E-state index contributed by atoms with van der Waals surface area (Å²) < 4.78 is 10.6. The van der Waals surface area contributed by atoms with E-state index in [1.807, 2.05) is 0 Å². The van der Waals surface area contributed by atoms with Crippen LogP contribution >= 0.6 is 15.9 Å². The van der Waals surface area contributed by atoms with E-state index in [4.69, 9.17) is 9.47 Å². The number of halogens is 1. The van der Waals surface area contributed by atoms with Crippen molar-refractivity contribution in [3.8, 4) is 17.2 Å². The van der Waals surface area contributed by atoms with Crippen LogP contribution in [0.25, 0.3) is 6.08 Å². The quantitative estimate of drug-likeness (QED) is 0.641. The second-order valence-electron chi connectivity index (χ2n) is 5.18. The Morgan fingerprint density at radius 2 is 1.71 bits per heavy atom. The molecule has 0 saturated heterocycles. The molecule has 0 saturated carbocycles. The van der Waals surface area contributed by atoms with E-state index in [1.165, 1.54) is 20.3 Å². The number of hydrogen-bond donors (Lipinski definition) is 1. The van der Waals surface area contributed by atoms with Crippen molar-refractivity contribution in [1.29, 1.82) is 0 Å². The minimum atomic E-state index is -0.350. The lowest BCUT2D eigenvalue weighted by Gasteiger charge is -2.07. The van der Waals surface area contributed by atoms with Crippen molar-refractivity contribution < 1.29 is 24.2 Å². The van der Waals surface area contributed by atoms with Crippen molar-refractivity contribution in [1.82, 2.24) is 0 Å². The number of fused-ring (bicyclic) bond motifs is 1. The molecule has 0 atom stereocenters. The summed E-state index contributed by atoms with van der Waals surface area (Å²) in [6.07, 6.45) is 1.49. The number of phenolic OH excluding ortho intramolecular Hbond substituents is 1. The van der Waals surface area contributed by atoms with Gasteiger partial charge in [-0.3, -0.25) is 9.59 Å². The Hall–Kier alpha value is -2.60. The first kappa shape index (κ1) is 16.3. The van der Waals surface area contributed by atoms with Crippen LogP contribution in [0.2, 0.25) is 0 Å². The van der Waals surface area contributed by atoms with Crippen molar-refractivity contribution in [3.63, 3.8) is 0 Å². The molecule has 0 bridgehead atoms. The lowest BCUT2D eigenvalue weighted by Crippen LogP contribution is -2.00. The zero-order chi connectivity index (χ0) is 17.4. The highest BCUT2D eigenvalue weighted by atomic mass is 79.9. The van der Waals surface area contributed by atoms with Gasteiger partial charge in [0.05, 0.1) is 24.3 Å². The molecule has 0 aliphatic heterocycles. The smallest absolute Gasteiger partial charge is 0.197 e. The zero-order valence-electron chi connectivity index (χ0n) is 12.9. The number of rotatable bonds is 3. The molecule has 0 radical (unpaired) electrons. The maximum absolute atomic E-state index is 12.5. The number of carbonyl (C=O) groups excluding carboxylic acids is 2. The molecule has 2 aromatic carbocycles. The lowest BCUT2D eigenvalue weighted by molar-refractivity contribution is 0.0990. The molecule has 0 heterocycles. The summed E-state index contributed by atoms with van der Waals surface area (Å²) in [6.45, 7) is 0. The van der Waals surface area contributed by atoms with E-state index in [-0.39, 0.29) is 28.6 Å². The average molecular weight is 389 g/mol. The number of allylic oxidation sites excluding steroid dienone is 1. The highest BCUT2D eigenvalue weighted by molar-refractivity contribution is 9.10. The first-order valence-electron chi connectivity index (χ1n) is 7.02. The second kappa shape index (κ2) is 6.13. The zero-order valence-corrected chi connectivity index (χ0v) is 14.5. The fourth-order valence-electron chi connectivity index (χ4n) is 2.56. The summed E-state index contributed by atoms with van der Waals surface area (Å²) in [5.74, 6) is 0.0353. The van der Waals surface area contributed by atoms with Gasteiger partial charge in [-0.2, -0.15) is 0 Å². The summed E-state index contributed by atoms with van der Waals surface area (Å²) in [7, 11) is 2.92. The van der Waals surface area contributed by atoms with Crippen LogP contribution in [0.15, 0.2) is 40.4 Å². The molecule has 5 nitrogen and oxygen atoms in total. The van der Waals surface area contributed by atoms with Crippen LogP contribution in [0.3, 0.4) is 0 Å². The van der Waals surface area contributed by atoms with Gasteiger partial charge in [-0.15, -0.1) is 0 Å². The van der Waals surface area contributed by atoms with E-state index in [0.29, 0.717) is 26.9 Å². The number of ketones is 2. The maximum atomic E-state index is 12.5. The SMILES string of the molecule is COc1ccc2c(c1)C(=O)/C(=C/c1cc(Br)c(O)c(OC)c1)C2=O. The topological polar surface area (TPSA) is 72.8 Å². The molecular formula is C18H13BrO5. The Morgan fingerprint density at radius 1 is 1.00 bits per heavy atom. The van der Waals surface area contributed by atoms with Gasteiger partial charge in [-0.1, -0.05) is 0 Å². The van der Waals surface area contributed by atoms with Gasteiger partial charge in [0.25, 0.3) is 0 Å². The fraction of sp³-hybridized carbons (Fsp3) is 0.111. The number of ether oxygens (including phenoxy) is 2. The minimum Gasteiger partial charge on any atom is -0.503 e. The van der Waals surface area contributed by atoms with E-state index < -0.39 is 0 Å². The van der Waals surface area contributed by atoms with E-state index >= 15 is 0 Å². The molecular weight excluding hydrogens is 376 g/mol. The van der Waals surface area contributed by atoms with Gasteiger partial charge in [0.2, 0.25) is 0 Å². The molecule has 0 aromatic heterocycles. The van der Waals surface area contributed by atoms with Gasteiger partial charge in [-0.05, 0) is 57.9 Å². The van der Waals surface area contributed by atoms with E-state index in [1.54, 1.807) is 30.3 Å². The Bertz CT molecular complexity index is 899. The van der Waals surface area contributed by atoms with Crippen molar-refractivity contribution in [3.05, 3.63) is 57.1 Å². The highest BCUT2D eigenvalue weighted by Gasteiger charge is 2.33. The van der Waals surface area contributed by atoms with Gasteiger partial charge in [-0.25, -0.2) is 0 Å². The average Bonchev–Trinajstić information content (AvgIpc) is 2.82. The molecule has 1 N–H and O–H groups in total. The number of Topliss-reactive ketones (excluding diaryl/α,β-unsaturated/α-hetero) is 2. The number of aromatic hydroxyl groups is 1. The second-order valence-corrected chi connectivity index (χ2v) is 6.04. The Kier molecular flexibility index (Phi) is 4.15. The Balaban J connectivity index is 2.08. The van der Waals surface area contributed by atoms with Gasteiger partial charge in [0, 0.05) is 11.1 Å². The van der Waals surface area contributed by atoms with Crippen molar-refractivity contribution in [2.24, 2.45) is 0 Å². The van der Waals surface area contributed by atoms with E-state index in [9.17, 15) is 14.7 Å². The predicted octanol–water partition coefficient (Wildman–Crippen LogP) is 3.63. The number of phenols is 1. The fourth-order valence-corrected chi connectivity index (χ4v) is 3.02. The van der Waals surface area contributed by atoms with E-state index in [0.717, 1.165) is 0 Å². The number of benzene rings is 2. The summed E-state index contributed by atoms with van der Waals surface area (Å²) in [5.41, 5.74) is 1.32. The van der Waals surface area contributed by atoms with Crippen molar-refractivity contribution >= 4 is 33.6 Å². The molecule has 3 rings (SSSR count). The molecule has 0 fully saturated rings. The van der Waals surface area contributed by atoms with E-state index in [2.05, 4.69) is 15.9 Å². The molecule has 6 heteroatoms. The van der Waals surface area contributed by atoms with Crippen LogP contribution in [0.5, 0.6) is 17.2 Å². The molecule has 0 amide bonds. The predicted molar refractivity (Wildman–Crippen MR) is 92.0 cm³/mol. The van der Waals surface area contributed by atoms with Crippen LogP contribution in [-0.4, -0.2) is 30.9 Å². The Labute approximate surface area is 146 Å². The number of hydrogen-bond acceptors (Lipinski definition) is 5. The first-order chi connectivity index (χ1) is 11.5. The van der Waals surface area contributed by atoms with Crippen molar-refractivity contribution in [2.75, 3.05) is 14.2 Å². The highest BCUT2D eigenvalue weighted by Crippen LogP contribution is 2.37. The van der Waals surface area contributed by atoms with Gasteiger partial charge in [0.1, 0.15) is 5.75 Å². The molecule has 0 spiro atoms. The third kappa shape index (κ3) is 2.59. The monoisotopic (exact) mass is 388 g/mol. The summed E-state index contributed by atoms with van der Waals surface area (Å²) >= 11 is 3.22. The summed E-state index contributed by atoms with van der Waals surface area (Å²) in [4.78, 5) is 25.0.